The van der Waals surface area contributed by atoms with Gasteiger partial charge in [-0.05, 0) is 26.3 Å². The Morgan fingerprint density at radius 1 is 1.23 bits per heavy atom. The molecule has 8 heteroatoms. The fourth-order valence-corrected chi connectivity index (χ4v) is 4.26. The van der Waals surface area contributed by atoms with Crippen LogP contribution in [-0.2, 0) is 9.53 Å². The largest absolute Gasteiger partial charge is 0.379 e. The van der Waals surface area contributed by atoms with Gasteiger partial charge < -0.3 is 19.9 Å². The fourth-order valence-electron chi connectivity index (χ4n) is 4.26. The molecule has 166 valence electrons. The summed E-state index contributed by atoms with van der Waals surface area (Å²) in [6.07, 6.45) is 1.38. The van der Waals surface area contributed by atoms with Gasteiger partial charge in [0.1, 0.15) is 11.5 Å². The van der Waals surface area contributed by atoms with E-state index >= 15 is 0 Å². The number of carbonyl (C=O) groups is 2. The Balaban J connectivity index is 1.29. The van der Waals surface area contributed by atoms with E-state index in [4.69, 9.17) is 9.26 Å². The van der Waals surface area contributed by atoms with Crippen molar-refractivity contribution in [2.24, 2.45) is 5.92 Å². The van der Waals surface area contributed by atoms with Crippen LogP contribution in [0.2, 0.25) is 0 Å². The summed E-state index contributed by atoms with van der Waals surface area (Å²) >= 11 is 0. The van der Waals surface area contributed by atoms with Crippen molar-refractivity contribution in [2.75, 3.05) is 45.9 Å². The van der Waals surface area contributed by atoms with Crippen LogP contribution in [0, 0.1) is 12.8 Å². The molecule has 2 aliphatic rings. The maximum absolute atomic E-state index is 13.2. The zero-order valence-electron chi connectivity index (χ0n) is 17.9. The van der Waals surface area contributed by atoms with Crippen molar-refractivity contribution in [1.82, 2.24) is 20.7 Å². The van der Waals surface area contributed by atoms with E-state index in [1.54, 1.807) is 6.92 Å². The summed E-state index contributed by atoms with van der Waals surface area (Å²) in [5, 5.41) is 10.3. The highest BCUT2D eigenvalue weighted by molar-refractivity contribution is 6.04. The number of aromatic nitrogens is 1. The number of nitrogens with zero attached hydrogens (tertiary/aromatic N) is 2. The first kappa shape index (κ1) is 21.7. The molecule has 8 nitrogen and oxygen atoms in total. The van der Waals surface area contributed by atoms with Gasteiger partial charge in [-0.15, -0.1) is 0 Å². The lowest BCUT2D eigenvalue weighted by Gasteiger charge is -2.26. The van der Waals surface area contributed by atoms with E-state index in [9.17, 15) is 9.59 Å². The van der Waals surface area contributed by atoms with Crippen LogP contribution in [0.25, 0.3) is 11.3 Å². The van der Waals surface area contributed by atoms with Crippen molar-refractivity contribution in [2.45, 2.75) is 25.8 Å². The number of benzene rings is 1. The molecule has 2 unspecified atom stereocenters. The van der Waals surface area contributed by atoms with Gasteiger partial charge >= 0.3 is 0 Å². The van der Waals surface area contributed by atoms with E-state index in [0.29, 0.717) is 36.5 Å². The maximum atomic E-state index is 13.2. The smallest absolute Gasteiger partial charge is 0.237 e. The van der Waals surface area contributed by atoms with Crippen LogP contribution in [0.3, 0.4) is 0 Å². The minimum atomic E-state index is -0.349. The first-order chi connectivity index (χ1) is 15.1. The van der Waals surface area contributed by atoms with Gasteiger partial charge in [0.2, 0.25) is 5.91 Å². The monoisotopic (exact) mass is 426 g/mol. The summed E-state index contributed by atoms with van der Waals surface area (Å²) in [7, 11) is 0. The standard InChI is InChI=1S/C23H30N4O4/c1-16-20(21(26-31-16)17-6-3-2-4-7-17)22(28)18-14-19(25-15-18)23(29)24-8-5-9-27-10-12-30-13-11-27/h2-4,6-7,18-19,25H,5,8-15H2,1H3,(H,24,29). The average Bonchev–Trinajstić information content (AvgIpc) is 3.45. The molecule has 0 saturated carbocycles. The predicted octanol–water partition coefficient (Wildman–Crippen LogP) is 1.65. The van der Waals surface area contributed by atoms with Crippen LogP contribution in [-0.4, -0.2) is 73.7 Å². The van der Waals surface area contributed by atoms with Crippen LogP contribution in [0.15, 0.2) is 34.9 Å². The van der Waals surface area contributed by atoms with E-state index in [1.807, 2.05) is 30.3 Å². The highest BCUT2D eigenvalue weighted by atomic mass is 16.5. The summed E-state index contributed by atoms with van der Waals surface area (Å²) in [4.78, 5) is 28.1. The molecule has 1 aromatic heterocycles. The molecule has 4 rings (SSSR count). The van der Waals surface area contributed by atoms with Crippen molar-refractivity contribution in [3.63, 3.8) is 0 Å². The first-order valence-corrected chi connectivity index (χ1v) is 11.0. The third-order valence-corrected chi connectivity index (χ3v) is 6.03. The second-order valence-electron chi connectivity index (χ2n) is 8.18. The molecule has 2 fully saturated rings. The molecule has 31 heavy (non-hydrogen) atoms. The normalized spacial score (nSPS) is 21.8. The molecule has 2 saturated heterocycles. The van der Waals surface area contributed by atoms with Crippen molar-refractivity contribution >= 4 is 11.7 Å². The van der Waals surface area contributed by atoms with Gasteiger partial charge in [0.15, 0.2) is 5.78 Å². The highest BCUT2D eigenvalue weighted by Crippen LogP contribution is 2.29. The molecule has 2 aliphatic heterocycles. The summed E-state index contributed by atoms with van der Waals surface area (Å²) in [5.41, 5.74) is 1.94. The molecular formula is C23H30N4O4. The molecule has 2 aromatic rings. The number of Topliss-reactive ketones (excluding diaryl/α,β-unsaturated/α-hetero) is 1. The summed E-state index contributed by atoms with van der Waals surface area (Å²) in [6, 6.07) is 9.21. The van der Waals surface area contributed by atoms with Gasteiger partial charge in [-0.3, -0.25) is 14.5 Å². The van der Waals surface area contributed by atoms with Crippen molar-refractivity contribution in [1.29, 1.82) is 0 Å². The topological polar surface area (TPSA) is 96.7 Å². The molecule has 1 aromatic carbocycles. The van der Waals surface area contributed by atoms with Gasteiger partial charge in [0.05, 0.1) is 24.8 Å². The van der Waals surface area contributed by atoms with Gasteiger partial charge in [0, 0.05) is 37.7 Å². The molecular weight excluding hydrogens is 396 g/mol. The number of amides is 1. The Hall–Kier alpha value is -2.55. The number of aryl methyl sites for hydroxylation is 1. The zero-order valence-corrected chi connectivity index (χ0v) is 17.9. The summed E-state index contributed by atoms with van der Waals surface area (Å²) in [5.74, 6) is 0.180. The summed E-state index contributed by atoms with van der Waals surface area (Å²) in [6.45, 7) is 7.30. The van der Waals surface area contributed by atoms with Gasteiger partial charge in [-0.25, -0.2) is 0 Å². The Morgan fingerprint density at radius 2 is 2.00 bits per heavy atom. The van der Waals surface area contributed by atoms with Crippen molar-refractivity contribution in [3.05, 3.63) is 41.7 Å². The van der Waals surface area contributed by atoms with Gasteiger partial charge in [0.25, 0.3) is 0 Å². The van der Waals surface area contributed by atoms with Crippen LogP contribution >= 0.6 is 0 Å². The second-order valence-corrected chi connectivity index (χ2v) is 8.18. The predicted molar refractivity (Wildman–Crippen MR) is 116 cm³/mol. The zero-order chi connectivity index (χ0) is 21.6. The second kappa shape index (κ2) is 10.2. The first-order valence-electron chi connectivity index (χ1n) is 11.0. The minimum Gasteiger partial charge on any atom is -0.379 e. The lowest BCUT2D eigenvalue weighted by Crippen LogP contribution is -2.42. The Morgan fingerprint density at radius 3 is 2.77 bits per heavy atom. The fraction of sp³-hybridized carbons (Fsp3) is 0.522. The number of ketones is 1. The average molecular weight is 427 g/mol. The van der Waals surface area contributed by atoms with Crippen molar-refractivity contribution in [3.8, 4) is 11.3 Å². The number of hydrogen-bond acceptors (Lipinski definition) is 7. The molecule has 0 spiro atoms. The minimum absolute atomic E-state index is 0.0206. The number of ether oxygens (including phenoxy) is 1. The molecule has 0 aliphatic carbocycles. The van der Waals surface area contributed by atoms with E-state index < -0.39 is 0 Å². The molecule has 2 N–H and O–H groups in total. The molecule has 0 bridgehead atoms. The Bertz CT molecular complexity index is 892. The molecule has 3 heterocycles. The van der Waals surface area contributed by atoms with Crippen LogP contribution < -0.4 is 10.6 Å². The van der Waals surface area contributed by atoms with Gasteiger partial charge in [-0.2, -0.15) is 0 Å². The number of hydrogen-bond donors (Lipinski definition) is 2. The quantitative estimate of drug-likeness (QED) is 0.489. The van der Waals surface area contributed by atoms with E-state index in [2.05, 4.69) is 20.7 Å². The lowest BCUT2D eigenvalue weighted by atomic mass is 9.92. The van der Waals surface area contributed by atoms with Crippen LogP contribution in [0.5, 0.6) is 0 Å². The SMILES string of the molecule is Cc1onc(-c2ccccc2)c1C(=O)C1CNC(C(=O)NCCCN2CCOCC2)C1. The van der Waals surface area contributed by atoms with Crippen LogP contribution in [0.4, 0.5) is 0 Å². The molecule has 1 amide bonds. The third kappa shape index (κ3) is 5.20. The number of rotatable bonds is 8. The lowest BCUT2D eigenvalue weighted by molar-refractivity contribution is -0.122. The van der Waals surface area contributed by atoms with E-state index in [-0.39, 0.29) is 23.7 Å². The van der Waals surface area contributed by atoms with Crippen LogP contribution in [0.1, 0.15) is 29.0 Å². The Kier molecular flexibility index (Phi) is 7.11. The van der Waals surface area contributed by atoms with Gasteiger partial charge in [-0.1, -0.05) is 35.5 Å². The number of morpholine rings is 1. The third-order valence-electron chi connectivity index (χ3n) is 6.03. The molecule has 2 atom stereocenters. The number of nitrogens with one attached hydrogen (secondary N) is 2. The summed E-state index contributed by atoms with van der Waals surface area (Å²) < 4.78 is 10.7. The van der Waals surface area contributed by atoms with E-state index in [0.717, 1.165) is 44.8 Å². The number of carbonyl (C=O) groups excluding carboxylic acids is 2. The highest BCUT2D eigenvalue weighted by Gasteiger charge is 2.36. The van der Waals surface area contributed by atoms with E-state index in [1.165, 1.54) is 0 Å². The molecule has 0 radical (unpaired) electrons. The maximum Gasteiger partial charge on any atom is 0.237 e. The Labute approximate surface area is 182 Å². The van der Waals surface area contributed by atoms with Crippen molar-refractivity contribution < 1.29 is 18.8 Å².